The van der Waals surface area contributed by atoms with E-state index in [2.05, 4.69) is 0 Å². The number of nitrogens with zero attached hydrogens (tertiary/aromatic N) is 3. The lowest BCUT2D eigenvalue weighted by Gasteiger charge is -2.39. The third kappa shape index (κ3) is 3.17. The Morgan fingerprint density at radius 3 is 2.86 bits per heavy atom. The molecule has 114 valence electrons. The van der Waals surface area contributed by atoms with E-state index < -0.39 is 16.6 Å². The Morgan fingerprint density at radius 1 is 1.52 bits per heavy atom. The molecular formula is C13H17FN4O3. The predicted octanol–water partition coefficient (Wildman–Crippen LogP) is 0.449. The molecule has 8 heteroatoms. The Labute approximate surface area is 121 Å². The Morgan fingerprint density at radius 2 is 2.24 bits per heavy atom. The summed E-state index contributed by atoms with van der Waals surface area (Å²) in [4.78, 5) is 26.1. The van der Waals surface area contributed by atoms with Crippen molar-refractivity contribution < 1.29 is 14.1 Å². The van der Waals surface area contributed by atoms with Crippen molar-refractivity contribution in [3.05, 3.63) is 39.7 Å². The van der Waals surface area contributed by atoms with Gasteiger partial charge in [-0.3, -0.25) is 14.9 Å². The van der Waals surface area contributed by atoms with Crippen LogP contribution >= 0.6 is 0 Å². The molecule has 0 aliphatic carbocycles. The molecule has 7 nitrogen and oxygen atoms in total. The molecule has 0 aromatic heterocycles. The van der Waals surface area contributed by atoms with Crippen LogP contribution in [0.15, 0.2) is 18.2 Å². The average Bonchev–Trinajstić information content (AvgIpc) is 2.46. The minimum Gasteiger partial charge on any atom is -0.332 e. The summed E-state index contributed by atoms with van der Waals surface area (Å²) >= 11 is 0. The third-order valence-corrected chi connectivity index (χ3v) is 3.61. The first kappa shape index (κ1) is 15.3. The number of non-ortho nitro benzene ring substituents is 1. The molecule has 1 unspecified atom stereocenters. The lowest BCUT2D eigenvalue weighted by molar-refractivity contribution is -0.384. The van der Waals surface area contributed by atoms with Crippen LogP contribution in [0.1, 0.15) is 10.4 Å². The van der Waals surface area contributed by atoms with Gasteiger partial charge in [-0.05, 0) is 13.1 Å². The van der Waals surface area contributed by atoms with Crippen molar-refractivity contribution in [1.29, 1.82) is 0 Å². The van der Waals surface area contributed by atoms with E-state index in [1.165, 1.54) is 4.90 Å². The highest BCUT2D eigenvalue weighted by molar-refractivity contribution is 5.95. The number of carbonyl (C=O) groups excluding carboxylic acids is 1. The second-order valence-electron chi connectivity index (χ2n) is 5.07. The molecule has 1 fully saturated rings. The second-order valence-corrected chi connectivity index (χ2v) is 5.07. The van der Waals surface area contributed by atoms with Gasteiger partial charge in [0.1, 0.15) is 5.82 Å². The Balaban J connectivity index is 2.30. The summed E-state index contributed by atoms with van der Waals surface area (Å²) < 4.78 is 13.8. The topological polar surface area (TPSA) is 92.7 Å². The number of hydrogen-bond acceptors (Lipinski definition) is 5. The van der Waals surface area contributed by atoms with Gasteiger partial charge in [-0.15, -0.1) is 0 Å². The summed E-state index contributed by atoms with van der Waals surface area (Å²) in [5, 5.41) is 10.8. The summed E-state index contributed by atoms with van der Waals surface area (Å²) in [5.74, 6) is -1.32. The van der Waals surface area contributed by atoms with Crippen LogP contribution in [0.3, 0.4) is 0 Å². The minimum atomic E-state index is -0.764. The standard InChI is InChI=1S/C13H17FN4O3/c1-16-4-5-17(10(7-15)8-16)13(19)11-6-9(18(20)21)2-3-12(11)14/h2-3,6,10H,4-5,7-8,15H2,1H3. The molecule has 2 N–H and O–H groups in total. The van der Waals surface area contributed by atoms with Gasteiger partial charge in [-0.25, -0.2) is 4.39 Å². The maximum absolute atomic E-state index is 13.8. The normalized spacial score (nSPS) is 19.6. The molecule has 1 aliphatic rings. The zero-order chi connectivity index (χ0) is 15.6. The fraction of sp³-hybridized carbons (Fsp3) is 0.462. The van der Waals surface area contributed by atoms with Crippen molar-refractivity contribution in [3.8, 4) is 0 Å². The van der Waals surface area contributed by atoms with E-state index in [4.69, 9.17) is 5.73 Å². The first-order chi connectivity index (χ1) is 9.93. The Hall–Kier alpha value is -2.06. The first-order valence-electron chi connectivity index (χ1n) is 6.57. The monoisotopic (exact) mass is 296 g/mol. The van der Waals surface area contributed by atoms with Crippen LogP contribution in [-0.2, 0) is 0 Å². The van der Waals surface area contributed by atoms with Crippen molar-refractivity contribution in [2.75, 3.05) is 33.2 Å². The molecule has 21 heavy (non-hydrogen) atoms. The van der Waals surface area contributed by atoms with E-state index >= 15 is 0 Å². The van der Waals surface area contributed by atoms with Crippen molar-refractivity contribution in [1.82, 2.24) is 9.80 Å². The van der Waals surface area contributed by atoms with Gasteiger partial charge in [0.25, 0.3) is 11.6 Å². The molecule has 1 atom stereocenters. The van der Waals surface area contributed by atoms with Gasteiger partial charge >= 0.3 is 0 Å². The molecular weight excluding hydrogens is 279 g/mol. The fourth-order valence-corrected chi connectivity index (χ4v) is 2.43. The molecule has 1 aliphatic heterocycles. The van der Waals surface area contributed by atoms with Crippen LogP contribution in [0.2, 0.25) is 0 Å². The van der Waals surface area contributed by atoms with Gasteiger partial charge in [0.05, 0.1) is 16.5 Å². The van der Waals surface area contributed by atoms with Crippen LogP contribution in [0, 0.1) is 15.9 Å². The van der Waals surface area contributed by atoms with Crippen molar-refractivity contribution in [3.63, 3.8) is 0 Å². The summed E-state index contributed by atoms with van der Waals surface area (Å²) in [6.45, 7) is 1.92. The molecule has 0 radical (unpaired) electrons. The number of piperazine rings is 1. The quantitative estimate of drug-likeness (QED) is 0.645. The maximum atomic E-state index is 13.8. The number of halogens is 1. The van der Waals surface area contributed by atoms with Gasteiger partial charge in [-0.2, -0.15) is 0 Å². The molecule has 0 bridgehead atoms. The highest BCUT2D eigenvalue weighted by atomic mass is 19.1. The van der Waals surface area contributed by atoms with Crippen LogP contribution in [0.5, 0.6) is 0 Å². The molecule has 0 saturated carbocycles. The zero-order valence-electron chi connectivity index (χ0n) is 11.7. The van der Waals surface area contributed by atoms with E-state index in [0.29, 0.717) is 19.6 Å². The van der Waals surface area contributed by atoms with Gasteiger partial charge in [0.15, 0.2) is 0 Å². The average molecular weight is 296 g/mol. The van der Waals surface area contributed by atoms with Gasteiger partial charge in [0.2, 0.25) is 0 Å². The third-order valence-electron chi connectivity index (χ3n) is 3.61. The maximum Gasteiger partial charge on any atom is 0.270 e. The fourth-order valence-electron chi connectivity index (χ4n) is 2.43. The van der Waals surface area contributed by atoms with Crippen molar-refractivity contribution in [2.24, 2.45) is 5.73 Å². The molecule has 1 heterocycles. The van der Waals surface area contributed by atoms with Gasteiger partial charge in [0, 0.05) is 38.3 Å². The number of nitro benzene ring substituents is 1. The Kier molecular flexibility index (Phi) is 4.49. The first-order valence-corrected chi connectivity index (χ1v) is 6.57. The second kappa shape index (κ2) is 6.15. The van der Waals surface area contributed by atoms with E-state index in [9.17, 15) is 19.3 Å². The number of nitro groups is 1. The minimum absolute atomic E-state index is 0.227. The van der Waals surface area contributed by atoms with Crippen LogP contribution in [-0.4, -0.2) is 59.9 Å². The number of likely N-dealkylation sites (N-methyl/N-ethyl adjacent to an activating group) is 1. The SMILES string of the molecule is CN1CCN(C(=O)c2cc([N+](=O)[O-])ccc2F)C(CN)C1. The molecule has 0 spiro atoms. The highest BCUT2D eigenvalue weighted by Crippen LogP contribution is 2.20. The number of nitrogens with two attached hydrogens (primary N) is 1. The summed E-state index contributed by atoms with van der Waals surface area (Å²) in [5.41, 5.74) is 5.07. The Bertz CT molecular complexity index is 566. The number of hydrogen-bond donors (Lipinski definition) is 1. The molecule has 1 aromatic carbocycles. The van der Waals surface area contributed by atoms with E-state index in [0.717, 1.165) is 18.2 Å². The van der Waals surface area contributed by atoms with Crippen LogP contribution in [0.4, 0.5) is 10.1 Å². The lowest BCUT2D eigenvalue weighted by atomic mass is 10.1. The number of rotatable bonds is 3. The van der Waals surface area contributed by atoms with Gasteiger partial charge in [-0.1, -0.05) is 0 Å². The molecule has 1 aromatic rings. The van der Waals surface area contributed by atoms with E-state index in [-0.39, 0.29) is 23.8 Å². The van der Waals surface area contributed by atoms with Crippen molar-refractivity contribution >= 4 is 11.6 Å². The number of carbonyl (C=O) groups is 1. The van der Waals surface area contributed by atoms with Gasteiger partial charge < -0.3 is 15.5 Å². The predicted molar refractivity (Wildman–Crippen MR) is 74.4 cm³/mol. The number of benzene rings is 1. The smallest absolute Gasteiger partial charge is 0.270 e. The highest BCUT2D eigenvalue weighted by Gasteiger charge is 2.30. The van der Waals surface area contributed by atoms with E-state index in [1.807, 2.05) is 11.9 Å². The largest absolute Gasteiger partial charge is 0.332 e. The lowest BCUT2D eigenvalue weighted by Crippen LogP contribution is -2.56. The van der Waals surface area contributed by atoms with E-state index in [1.54, 1.807) is 0 Å². The zero-order valence-corrected chi connectivity index (χ0v) is 11.7. The summed E-state index contributed by atoms with van der Waals surface area (Å²) in [7, 11) is 1.92. The van der Waals surface area contributed by atoms with Crippen molar-refractivity contribution in [2.45, 2.75) is 6.04 Å². The van der Waals surface area contributed by atoms with Crippen LogP contribution in [0.25, 0.3) is 0 Å². The molecule has 1 amide bonds. The number of amides is 1. The summed E-state index contributed by atoms with van der Waals surface area (Å²) in [6.07, 6.45) is 0. The molecule has 1 saturated heterocycles. The van der Waals surface area contributed by atoms with Crippen LogP contribution < -0.4 is 5.73 Å². The molecule has 2 rings (SSSR count). The summed E-state index contributed by atoms with van der Waals surface area (Å²) in [6, 6.07) is 2.73.